The highest BCUT2D eigenvalue weighted by Gasteiger charge is 2.42. The third kappa shape index (κ3) is 2.96. The maximum atomic E-state index is 13.6. The second-order valence-corrected chi connectivity index (χ2v) is 6.47. The van der Waals surface area contributed by atoms with Gasteiger partial charge in [0.1, 0.15) is 11.6 Å². The fourth-order valence-corrected chi connectivity index (χ4v) is 4.54. The van der Waals surface area contributed by atoms with E-state index in [2.05, 4.69) is 6.58 Å². The van der Waals surface area contributed by atoms with Gasteiger partial charge in [0.05, 0.1) is 0 Å². The van der Waals surface area contributed by atoms with Gasteiger partial charge in [-0.1, -0.05) is 12.1 Å². The molecule has 0 amide bonds. The Kier molecular flexibility index (Phi) is 4.47. The van der Waals surface area contributed by atoms with E-state index in [1.807, 2.05) is 13.0 Å². The van der Waals surface area contributed by atoms with Crippen LogP contribution in [0.25, 0.3) is 0 Å². The molecule has 1 nitrogen and oxygen atoms in total. The average Bonchev–Trinajstić information content (AvgIpc) is 3.12. The lowest BCUT2D eigenvalue weighted by Gasteiger charge is -2.17. The third-order valence-electron chi connectivity index (χ3n) is 3.15. The van der Waals surface area contributed by atoms with Crippen LogP contribution in [0.4, 0.5) is 8.78 Å². The minimum absolute atomic E-state index is 0.159. The molecule has 1 aromatic carbocycles. The fourth-order valence-electron chi connectivity index (χ4n) is 2.05. The molecule has 1 aliphatic rings. The standard InChI is InChI=1S/C14H17F2OP/c1-3-10-8-14(10)18(17-4-2)9-11-12(15)6-5-7-13(11)16/h3,5-7,10,14H,1,4,8-9H2,2H3/t10-,14?,18?/m1/s1. The van der Waals surface area contributed by atoms with Gasteiger partial charge in [-0.25, -0.2) is 8.78 Å². The molecule has 0 aromatic heterocycles. The molecule has 18 heavy (non-hydrogen) atoms. The van der Waals surface area contributed by atoms with Crippen LogP contribution < -0.4 is 0 Å². The van der Waals surface area contributed by atoms with Gasteiger partial charge < -0.3 is 4.52 Å². The Morgan fingerprint density at radius 2 is 2.11 bits per heavy atom. The lowest BCUT2D eigenvalue weighted by molar-refractivity contribution is 0.374. The summed E-state index contributed by atoms with van der Waals surface area (Å²) in [6.07, 6.45) is 3.30. The van der Waals surface area contributed by atoms with Crippen LogP contribution in [0.15, 0.2) is 30.9 Å². The highest BCUT2D eigenvalue weighted by Crippen LogP contribution is 2.60. The van der Waals surface area contributed by atoms with Gasteiger partial charge in [0.2, 0.25) is 0 Å². The van der Waals surface area contributed by atoms with Gasteiger partial charge in [-0.15, -0.1) is 6.58 Å². The topological polar surface area (TPSA) is 9.23 Å². The lowest BCUT2D eigenvalue weighted by Crippen LogP contribution is -2.00. The first-order chi connectivity index (χ1) is 8.67. The zero-order valence-corrected chi connectivity index (χ0v) is 11.3. The van der Waals surface area contributed by atoms with Crippen molar-refractivity contribution in [2.75, 3.05) is 6.61 Å². The minimum Gasteiger partial charge on any atom is -0.359 e. The van der Waals surface area contributed by atoms with Gasteiger partial charge in [0, 0.05) is 32.1 Å². The number of benzene rings is 1. The van der Waals surface area contributed by atoms with Crippen LogP contribution in [0, 0.1) is 17.6 Å². The lowest BCUT2D eigenvalue weighted by atomic mass is 10.2. The Morgan fingerprint density at radius 1 is 1.44 bits per heavy atom. The van der Waals surface area contributed by atoms with E-state index in [0.717, 1.165) is 6.42 Å². The molecule has 0 radical (unpaired) electrons. The molecule has 98 valence electrons. The molecule has 0 saturated heterocycles. The Labute approximate surface area is 108 Å². The van der Waals surface area contributed by atoms with E-state index in [9.17, 15) is 8.78 Å². The van der Waals surface area contributed by atoms with Gasteiger partial charge in [0.15, 0.2) is 0 Å². The second-order valence-electron chi connectivity index (χ2n) is 4.40. The number of rotatable bonds is 6. The monoisotopic (exact) mass is 270 g/mol. The molecule has 0 aliphatic heterocycles. The molecule has 1 saturated carbocycles. The van der Waals surface area contributed by atoms with Crippen LogP contribution in [0.3, 0.4) is 0 Å². The molecule has 3 atom stereocenters. The van der Waals surface area contributed by atoms with E-state index < -0.39 is 19.8 Å². The molecule has 0 spiro atoms. The molecule has 0 N–H and O–H groups in total. The van der Waals surface area contributed by atoms with E-state index in [-0.39, 0.29) is 5.56 Å². The van der Waals surface area contributed by atoms with Crippen molar-refractivity contribution in [2.24, 2.45) is 5.92 Å². The smallest absolute Gasteiger partial charge is 0.129 e. The van der Waals surface area contributed by atoms with Crippen LogP contribution in [0.2, 0.25) is 0 Å². The highest BCUT2D eigenvalue weighted by atomic mass is 31.1. The summed E-state index contributed by atoms with van der Waals surface area (Å²) in [4.78, 5) is 0. The van der Waals surface area contributed by atoms with Crippen LogP contribution >= 0.6 is 8.15 Å². The summed E-state index contributed by atoms with van der Waals surface area (Å²) in [5, 5.41) is 0. The first kappa shape index (κ1) is 13.6. The van der Waals surface area contributed by atoms with Crippen molar-refractivity contribution in [2.45, 2.75) is 25.2 Å². The Morgan fingerprint density at radius 3 is 2.61 bits per heavy atom. The van der Waals surface area contributed by atoms with E-state index in [1.54, 1.807) is 0 Å². The minimum atomic E-state index is -0.814. The third-order valence-corrected chi connectivity index (χ3v) is 5.70. The van der Waals surface area contributed by atoms with Crippen molar-refractivity contribution in [3.63, 3.8) is 0 Å². The summed E-state index contributed by atoms with van der Waals surface area (Å²) < 4.78 is 32.9. The molecule has 0 heterocycles. The van der Waals surface area contributed by atoms with Crippen molar-refractivity contribution >= 4 is 8.15 Å². The van der Waals surface area contributed by atoms with Gasteiger partial charge in [-0.05, 0) is 31.4 Å². The number of hydrogen-bond donors (Lipinski definition) is 0. The van der Waals surface area contributed by atoms with Crippen molar-refractivity contribution < 1.29 is 13.3 Å². The summed E-state index contributed by atoms with van der Waals surface area (Å²) >= 11 is 0. The van der Waals surface area contributed by atoms with Gasteiger partial charge in [-0.2, -0.15) is 0 Å². The summed E-state index contributed by atoms with van der Waals surface area (Å²) in [5.41, 5.74) is 0.572. The van der Waals surface area contributed by atoms with Crippen LogP contribution in [0.1, 0.15) is 18.9 Å². The molecule has 4 heteroatoms. The van der Waals surface area contributed by atoms with Crippen molar-refractivity contribution in [1.29, 1.82) is 0 Å². The van der Waals surface area contributed by atoms with E-state index in [1.165, 1.54) is 18.2 Å². The van der Waals surface area contributed by atoms with Crippen LogP contribution in [0.5, 0.6) is 0 Å². The van der Waals surface area contributed by atoms with E-state index in [0.29, 0.717) is 24.3 Å². The van der Waals surface area contributed by atoms with E-state index in [4.69, 9.17) is 4.52 Å². The molecule has 0 bridgehead atoms. The Hall–Kier alpha value is -0.790. The predicted octanol–water partition coefficient (Wildman–Crippen LogP) is 4.47. The van der Waals surface area contributed by atoms with Gasteiger partial charge >= 0.3 is 0 Å². The molecular formula is C14H17F2OP. The maximum absolute atomic E-state index is 13.6. The summed E-state index contributed by atoms with van der Waals surface area (Å²) in [6.45, 7) is 6.26. The van der Waals surface area contributed by atoms with Crippen molar-refractivity contribution in [3.8, 4) is 0 Å². The van der Waals surface area contributed by atoms with E-state index >= 15 is 0 Å². The zero-order valence-electron chi connectivity index (χ0n) is 10.4. The first-order valence-corrected chi connectivity index (χ1v) is 7.63. The number of hydrogen-bond acceptors (Lipinski definition) is 1. The molecule has 1 aliphatic carbocycles. The number of halogens is 2. The van der Waals surface area contributed by atoms with Crippen molar-refractivity contribution in [1.82, 2.24) is 0 Å². The normalized spacial score (nSPS) is 23.7. The average molecular weight is 270 g/mol. The Balaban J connectivity index is 2.11. The molecular weight excluding hydrogens is 253 g/mol. The summed E-state index contributed by atoms with van der Waals surface area (Å²) in [7, 11) is -0.814. The van der Waals surface area contributed by atoms with Crippen LogP contribution in [-0.2, 0) is 10.7 Å². The summed E-state index contributed by atoms with van der Waals surface area (Å²) in [5.74, 6) is -0.492. The highest BCUT2D eigenvalue weighted by molar-refractivity contribution is 7.53. The summed E-state index contributed by atoms with van der Waals surface area (Å²) in [6, 6.07) is 3.99. The molecule has 2 rings (SSSR count). The van der Waals surface area contributed by atoms with Gasteiger partial charge in [-0.3, -0.25) is 0 Å². The Bertz CT molecular complexity index is 416. The predicted molar refractivity (Wildman–Crippen MR) is 70.7 cm³/mol. The largest absolute Gasteiger partial charge is 0.359 e. The van der Waals surface area contributed by atoms with Crippen LogP contribution in [-0.4, -0.2) is 12.3 Å². The molecule has 2 unspecified atom stereocenters. The second kappa shape index (κ2) is 5.90. The zero-order chi connectivity index (χ0) is 13.1. The maximum Gasteiger partial charge on any atom is 0.129 e. The molecule has 1 fully saturated rings. The van der Waals surface area contributed by atoms with Gasteiger partial charge in [0.25, 0.3) is 0 Å². The quantitative estimate of drug-likeness (QED) is 0.547. The molecule has 1 aromatic rings. The van der Waals surface area contributed by atoms with Crippen molar-refractivity contribution in [3.05, 3.63) is 48.1 Å². The number of allylic oxidation sites excluding steroid dienone is 1. The first-order valence-electron chi connectivity index (χ1n) is 6.12. The SMILES string of the molecule is C=C[C@@H]1CC1P(Cc1c(F)cccc1F)OCC. The fraction of sp³-hybridized carbons (Fsp3) is 0.429.